The summed E-state index contributed by atoms with van der Waals surface area (Å²) < 4.78 is 1.14. The van der Waals surface area contributed by atoms with Gasteiger partial charge in [0, 0.05) is 35.1 Å². The molecule has 7 nitrogen and oxygen atoms in total. The maximum atomic E-state index is 13.6. The van der Waals surface area contributed by atoms with Crippen LogP contribution in [-0.4, -0.2) is 52.6 Å². The monoisotopic (exact) mass is 544 g/mol. The molecule has 2 aromatic carbocycles. The molecule has 4 heterocycles. The summed E-state index contributed by atoms with van der Waals surface area (Å²) in [6.07, 6.45) is 1.65. The van der Waals surface area contributed by atoms with Crippen LogP contribution in [0.2, 0.25) is 0 Å². The van der Waals surface area contributed by atoms with E-state index in [1.807, 2.05) is 55.7 Å². The molecule has 194 valence electrons. The Labute approximate surface area is 229 Å². The number of hydrogen-bond donors (Lipinski definition) is 0. The highest BCUT2D eigenvalue weighted by Gasteiger charge is 2.39. The quantitative estimate of drug-likeness (QED) is 0.307. The van der Waals surface area contributed by atoms with Crippen LogP contribution in [0, 0.1) is 12.8 Å². The molecule has 1 fully saturated rings. The van der Waals surface area contributed by atoms with E-state index in [1.165, 1.54) is 4.90 Å². The summed E-state index contributed by atoms with van der Waals surface area (Å²) in [5.41, 5.74) is 2.55. The molecule has 3 amide bonds. The number of fused-ring (bicyclic) bond motifs is 2. The summed E-state index contributed by atoms with van der Waals surface area (Å²) in [5.74, 6) is -0.609. The van der Waals surface area contributed by atoms with Gasteiger partial charge < -0.3 is 9.80 Å². The van der Waals surface area contributed by atoms with Crippen molar-refractivity contribution in [3.63, 3.8) is 0 Å². The van der Waals surface area contributed by atoms with Crippen molar-refractivity contribution in [2.45, 2.75) is 32.9 Å². The van der Waals surface area contributed by atoms with Gasteiger partial charge in [0.25, 0.3) is 11.8 Å². The highest BCUT2D eigenvalue weighted by atomic mass is 32.1. The average Bonchev–Trinajstić information content (AvgIpc) is 3.60. The molecule has 2 aromatic heterocycles. The first-order chi connectivity index (χ1) is 18.4. The SMILES string of the molecule is Cc1nc(CN(C)C(=O)C2CCCN(c3cccc4c3C(=O)N(Cc3cc5ccccc5s3)C4=O)C2)cs1. The Morgan fingerprint density at radius 3 is 2.76 bits per heavy atom. The van der Waals surface area contributed by atoms with Gasteiger partial charge in [-0.05, 0) is 49.4 Å². The van der Waals surface area contributed by atoms with Gasteiger partial charge in [0.05, 0.1) is 46.5 Å². The second kappa shape index (κ2) is 9.96. The number of hydrogen-bond acceptors (Lipinski definition) is 7. The van der Waals surface area contributed by atoms with E-state index in [0.29, 0.717) is 24.2 Å². The van der Waals surface area contributed by atoms with Crippen molar-refractivity contribution in [2.75, 3.05) is 25.0 Å². The predicted molar refractivity (Wildman–Crippen MR) is 151 cm³/mol. The molecule has 4 aromatic rings. The van der Waals surface area contributed by atoms with Crippen LogP contribution in [0.15, 0.2) is 53.9 Å². The van der Waals surface area contributed by atoms with E-state index in [9.17, 15) is 14.4 Å². The molecule has 0 aliphatic carbocycles. The molecular weight excluding hydrogens is 516 g/mol. The van der Waals surface area contributed by atoms with E-state index >= 15 is 0 Å². The highest BCUT2D eigenvalue weighted by molar-refractivity contribution is 7.19. The fourth-order valence-electron chi connectivity index (χ4n) is 5.50. The van der Waals surface area contributed by atoms with E-state index < -0.39 is 0 Å². The van der Waals surface area contributed by atoms with Crippen LogP contribution < -0.4 is 4.90 Å². The van der Waals surface area contributed by atoms with E-state index in [0.717, 1.165) is 50.7 Å². The number of anilines is 1. The standard InChI is InChI=1S/C29H28N4O3S2/c1-18-30-21(17-37-18)15-31(2)27(34)20-8-6-12-32(14-20)24-10-5-9-23-26(24)29(36)33(28(23)35)16-22-13-19-7-3-4-11-25(19)38-22/h3-5,7,9-11,13,17,20H,6,8,12,14-16H2,1-2H3. The molecule has 2 aliphatic heterocycles. The third-order valence-electron chi connectivity index (χ3n) is 7.32. The summed E-state index contributed by atoms with van der Waals surface area (Å²) in [5, 5.41) is 4.10. The van der Waals surface area contributed by atoms with Gasteiger partial charge in [0.2, 0.25) is 5.91 Å². The molecule has 0 saturated carbocycles. The Morgan fingerprint density at radius 1 is 1.13 bits per heavy atom. The highest BCUT2D eigenvalue weighted by Crippen LogP contribution is 2.36. The number of carbonyl (C=O) groups excluding carboxylic acids is 3. The first kappa shape index (κ1) is 24.8. The second-order valence-electron chi connectivity index (χ2n) is 9.98. The first-order valence-electron chi connectivity index (χ1n) is 12.8. The van der Waals surface area contributed by atoms with Gasteiger partial charge in [-0.1, -0.05) is 24.3 Å². The zero-order valence-electron chi connectivity index (χ0n) is 21.3. The minimum absolute atomic E-state index is 0.0849. The van der Waals surface area contributed by atoms with Crippen LogP contribution in [0.5, 0.6) is 0 Å². The van der Waals surface area contributed by atoms with Gasteiger partial charge in [-0.25, -0.2) is 4.98 Å². The number of nitrogens with zero attached hydrogens (tertiary/aromatic N) is 4. The van der Waals surface area contributed by atoms with Gasteiger partial charge in [0.1, 0.15) is 0 Å². The van der Waals surface area contributed by atoms with Crippen molar-refractivity contribution in [2.24, 2.45) is 5.92 Å². The Balaban J connectivity index is 1.21. The Bertz CT molecular complexity index is 1530. The number of imide groups is 1. The summed E-state index contributed by atoms with van der Waals surface area (Å²) in [4.78, 5) is 50.9. The second-order valence-corrected chi connectivity index (χ2v) is 12.2. The molecule has 9 heteroatoms. The largest absolute Gasteiger partial charge is 0.370 e. The zero-order valence-corrected chi connectivity index (χ0v) is 23.0. The molecule has 1 unspecified atom stereocenters. The molecule has 38 heavy (non-hydrogen) atoms. The van der Waals surface area contributed by atoms with Crippen molar-refractivity contribution < 1.29 is 14.4 Å². The minimum Gasteiger partial charge on any atom is -0.370 e. The lowest BCUT2D eigenvalue weighted by atomic mass is 9.95. The Kier molecular flexibility index (Phi) is 6.49. The van der Waals surface area contributed by atoms with Gasteiger partial charge in [-0.2, -0.15) is 0 Å². The van der Waals surface area contributed by atoms with Gasteiger partial charge in [-0.3, -0.25) is 19.3 Å². The Hall–Kier alpha value is -3.56. The van der Waals surface area contributed by atoms with Crippen molar-refractivity contribution in [1.82, 2.24) is 14.8 Å². The summed E-state index contributed by atoms with van der Waals surface area (Å²) in [7, 11) is 1.82. The van der Waals surface area contributed by atoms with Crippen molar-refractivity contribution in [3.05, 3.63) is 80.6 Å². The Morgan fingerprint density at radius 2 is 1.97 bits per heavy atom. The molecule has 6 rings (SSSR count). The smallest absolute Gasteiger partial charge is 0.264 e. The summed E-state index contributed by atoms with van der Waals surface area (Å²) in [6.45, 7) is 3.97. The van der Waals surface area contributed by atoms with E-state index in [1.54, 1.807) is 33.6 Å². The zero-order chi connectivity index (χ0) is 26.4. The molecule has 0 radical (unpaired) electrons. The number of aromatic nitrogens is 1. The molecule has 0 spiro atoms. The molecular formula is C29H28N4O3S2. The van der Waals surface area contributed by atoms with Crippen LogP contribution in [0.4, 0.5) is 5.69 Å². The fraction of sp³-hybridized carbons (Fsp3) is 0.310. The number of thiophene rings is 1. The number of aryl methyl sites for hydroxylation is 1. The van der Waals surface area contributed by atoms with E-state index in [2.05, 4.69) is 16.0 Å². The number of rotatable bonds is 6. The van der Waals surface area contributed by atoms with Crippen LogP contribution in [-0.2, 0) is 17.9 Å². The van der Waals surface area contributed by atoms with Crippen molar-refractivity contribution >= 4 is 56.2 Å². The normalized spacial score (nSPS) is 17.4. The maximum Gasteiger partial charge on any atom is 0.264 e. The van der Waals surface area contributed by atoms with Crippen LogP contribution in [0.3, 0.4) is 0 Å². The van der Waals surface area contributed by atoms with Gasteiger partial charge in [-0.15, -0.1) is 22.7 Å². The molecule has 0 bridgehead atoms. The predicted octanol–water partition coefficient (Wildman–Crippen LogP) is 5.34. The first-order valence-corrected chi connectivity index (χ1v) is 14.5. The lowest BCUT2D eigenvalue weighted by molar-refractivity contribution is -0.135. The van der Waals surface area contributed by atoms with E-state index in [-0.39, 0.29) is 30.2 Å². The topological polar surface area (TPSA) is 73.8 Å². The van der Waals surface area contributed by atoms with Crippen LogP contribution >= 0.6 is 22.7 Å². The summed E-state index contributed by atoms with van der Waals surface area (Å²) in [6, 6.07) is 15.6. The van der Waals surface area contributed by atoms with Crippen LogP contribution in [0.1, 0.15) is 49.1 Å². The van der Waals surface area contributed by atoms with E-state index in [4.69, 9.17) is 0 Å². The number of amides is 3. The van der Waals surface area contributed by atoms with Gasteiger partial charge in [0.15, 0.2) is 0 Å². The van der Waals surface area contributed by atoms with Crippen molar-refractivity contribution in [1.29, 1.82) is 0 Å². The molecule has 2 aliphatic rings. The van der Waals surface area contributed by atoms with Crippen LogP contribution in [0.25, 0.3) is 10.1 Å². The summed E-state index contributed by atoms with van der Waals surface area (Å²) >= 11 is 3.19. The number of thiazole rings is 1. The average molecular weight is 545 g/mol. The third-order valence-corrected chi connectivity index (χ3v) is 9.24. The van der Waals surface area contributed by atoms with Crippen molar-refractivity contribution in [3.8, 4) is 0 Å². The van der Waals surface area contributed by atoms with Gasteiger partial charge >= 0.3 is 0 Å². The molecule has 1 atom stereocenters. The third kappa shape index (κ3) is 4.50. The molecule has 0 N–H and O–H groups in total. The lowest BCUT2D eigenvalue weighted by Crippen LogP contribution is -2.44. The maximum absolute atomic E-state index is 13.6. The molecule has 1 saturated heterocycles. The minimum atomic E-state index is -0.262. The fourth-order valence-corrected chi connectivity index (χ4v) is 7.16. The number of piperidine rings is 1. The lowest BCUT2D eigenvalue weighted by Gasteiger charge is -2.36. The number of benzene rings is 2. The number of carbonyl (C=O) groups is 3.